The highest BCUT2D eigenvalue weighted by atomic mass is 32.2. The Balaban J connectivity index is 1.90. The fourth-order valence-electron chi connectivity index (χ4n) is 2.44. The molecule has 0 saturated carbocycles. The van der Waals surface area contributed by atoms with E-state index in [9.17, 15) is 18.3 Å². The smallest absolute Gasteiger partial charge is 0.267 e. The zero-order chi connectivity index (χ0) is 18.0. The van der Waals surface area contributed by atoms with Gasteiger partial charge in [-0.15, -0.1) is 17.9 Å². The lowest BCUT2D eigenvalue weighted by Crippen LogP contribution is -2.32. The second-order valence-electron chi connectivity index (χ2n) is 5.29. The number of carbonyl (C=O) groups is 1. The molecule has 0 aromatic carbocycles. The van der Waals surface area contributed by atoms with E-state index in [2.05, 4.69) is 16.5 Å². The molecule has 25 heavy (non-hydrogen) atoms. The van der Waals surface area contributed by atoms with Crippen LogP contribution in [-0.4, -0.2) is 48.6 Å². The fraction of sp³-hybridized carbons (Fsp3) is 0.267. The van der Waals surface area contributed by atoms with Crippen LogP contribution in [0.2, 0.25) is 0 Å². The summed E-state index contributed by atoms with van der Waals surface area (Å²) in [6.07, 6.45) is 3.50. The number of aromatic nitrogens is 2. The molecule has 3 rings (SSSR count). The van der Waals surface area contributed by atoms with Gasteiger partial charge in [0.1, 0.15) is 16.8 Å². The Labute approximate surface area is 149 Å². The average Bonchev–Trinajstić information content (AvgIpc) is 3.24. The molecule has 1 aliphatic heterocycles. The van der Waals surface area contributed by atoms with Gasteiger partial charge in [-0.25, -0.2) is 22.7 Å². The largest absolute Gasteiger partial charge is 0.383 e. The van der Waals surface area contributed by atoms with Gasteiger partial charge in [0, 0.05) is 30.7 Å². The molecule has 1 fully saturated rings. The van der Waals surface area contributed by atoms with Crippen LogP contribution in [0.4, 0.5) is 10.9 Å². The first-order chi connectivity index (χ1) is 11.9. The molecule has 10 heteroatoms. The van der Waals surface area contributed by atoms with Gasteiger partial charge in [-0.2, -0.15) is 0 Å². The third kappa shape index (κ3) is 3.28. The Bertz CT molecular complexity index is 865. The number of rotatable bonds is 6. The zero-order valence-electron chi connectivity index (χ0n) is 13.1. The molecule has 1 saturated heterocycles. The predicted molar refractivity (Wildman–Crippen MR) is 94.1 cm³/mol. The first-order valence-corrected chi connectivity index (χ1v) is 9.75. The first-order valence-electron chi connectivity index (χ1n) is 7.44. The standard InChI is InChI=1S/C15H16N4O4S2/c1-2-7-19(15-16-6-9-24-15)25(22,23)11-3-4-13(17-10-11)18-8-5-12(20)14(18)21/h2-4,6,9-10,12,20H,1,5,7-8H2. The highest BCUT2D eigenvalue weighted by Crippen LogP contribution is 2.26. The summed E-state index contributed by atoms with van der Waals surface area (Å²) >= 11 is 1.20. The Morgan fingerprint density at radius 3 is 2.76 bits per heavy atom. The van der Waals surface area contributed by atoms with Crippen molar-refractivity contribution in [3.05, 3.63) is 42.6 Å². The summed E-state index contributed by atoms with van der Waals surface area (Å²) in [5, 5.41) is 11.5. The van der Waals surface area contributed by atoms with E-state index in [4.69, 9.17) is 0 Å². The zero-order valence-corrected chi connectivity index (χ0v) is 14.8. The minimum absolute atomic E-state index is 0.0134. The van der Waals surface area contributed by atoms with E-state index in [-0.39, 0.29) is 11.4 Å². The van der Waals surface area contributed by atoms with Gasteiger partial charge in [0.25, 0.3) is 15.9 Å². The van der Waals surface area contributed by atoms with Crippen LogP contribution < -0.4 is 9.21 Å². The molecule has 0 spiro atoms. The lowest BCUT2D eigenvalue weighted by Gasteiger charge is -2.20. The molecule has 0 bridgehead atoms. The van der Waals surface area contributed by atoms with Crippen molar-refractivity contribution in [2.24, 2.45) is 0 Å². The quantitative estimate of drug-likeness (QED) is 0.751. The normalized spacial score (nSPS) is 17.7. The van der Waals surface area contributed by atoms with Crippen LogP contribution in [0.15, 0.2) is 47.5 Å². The van der Waals surface area contributed by atoms with Crippen LogP contribution in [-0.2, 0) is 14.8 Å². The number of amides is 1. The Morgan fingerprint density at radius 1 is 1.44 bits per heavy atom. The lowest BCUT2D eigenvalue weighted by atomic mass is 10.3. The van der Waals surface area contributed by atoms with Crippen LogP contribution >= 0.6 is 11.3 Å². The number of nitrogens with zero attached hydrogens (tertiary/aromatic N) is 4. The highest BCUT2D eigenvalue weighted by Gasteiger charge is 2.32. The SMILES string of the molecule is C=CCN(c1nccs1)S(=O)(=O)c1ccc(N2CCC(O)C2=O)nc1. The molecular weight excluding hydrogens is 364 g/mol. The number of hydrogen-bond acceptors (Lipinski definition) is 7. The molecule has 1 amide bonds. The first kappa shape index (κ1) is 17.5. The number of pyridine rings is 1. The van der Waals surface area contributed by atoms with Crippen LogP contribution in [0.1, 0.15) is 6.42 Å². The fourth-order valence-corrected chi connectivity index (χ4v) is 4.66. The summed E-state index contributed by atoms with van der Waals surface area (Å²) in [6.45, 7) is 4.01. The molecular formula is C15H16N4O4S2. The maximum atomic E-state index is 12.9. The van der Waals surface area contributed by atoms with Crippen molar-refractivity contribution in [3.8, 4) is 0 Å². The third-order valence-corrected chi connectivity index (χ3v) is 6.34. The van der Waals surface area contributed by atoms with E-state index in [0.29, 0.717) is 23.9 Å². The summed E-state index contributed by atoms with van der Waals surface area (Å²) in [6, 6.07) is 2.84. The molecule has 8 nitrogen and oxygen atoms in total. The maximum absolute atomic E-state index is 12.9. The van der Waals surface area contributed by atoms with Gasteiger partial charge in [-0.1, -0.05) is 6.08 Å². The number of aliphatic hydroxyl groups excluding tert-OH is 1. The van der Waals surface area contributed by atoms with Gasteiger partial charge in [0.15, 0.2) is 5.13 Å². The molecule has 2 aromatic heterocycles. The van der Waals surface area contributed by atoms with Crippen molar-refractivity contribution in [2.45, 2.75) is 17.4 Å². The second kappa shape index (κ2) is 6.90. The van der Waals surface area contributed by atoms with E-state index in [1.807, 2.05) is 0 Å². The van der Waals surface area contributed by atoms with E-state index in [1.54, 1.807) is 5.38 Å². The molecule has 1 aliphatic rings. The molecule has 0 aliphatic carbocycles. The van der Waals surface area contributed by atoms with E-state index in [1.165, 1.54) is 46.8 Å². The second-order valence-corrected chi connectivity index (χ2v) is 8.02. The van der Waals surface area contributed by atoms with E-state index in [0.717, 1.165) is 4.31 Å². The third-order valence-electron chi connectivity index (χ3n) is 3.69. The molecule has 1 N–H and O–H groups in total. The average molecular weight is 380 g/mol. The van der Waals surface area contributed by atoms with Crippen LogP contribution in [0.5, 0.6) is 0 Å². The van der Waals surface area contributed by atoms with Crippen LogP contribution in [0, 0.1) is 0 Å². The minimum Gasteiger partial charge on any atom is -0.383 e. The monoisotopic (exact) mass is 380 g/mol. The summed E-state index contributed by atoms with van der Waals surface area (Å²) in [7, 11) is -3.86. The van der Waals surface area contributed by atoms with Crippen molar-refractivity contribution in [1.82, 2.24) is 9.97 Å². The lowest BCUT2D eigenvalue weighted by molar-refractivity contribution is -0.124. The number of hydrogen-bond donors (Lipinski definition) is 1. The van der Waals surface area contributed by atoms with E-state index >= 15 is 0 Å². The van der Waals surface area contributed by atoms with Crippen molar-refractivity contribution >= 4 is 38.2 Å². The van der Waals surface area contributed by atoms with Gasteiger partial charge in [0.05, 0.1) is 6.54 Å². The summed E-state index contributed by atoms with van der Waals surface area (Å²) < 4.78 is 26.9. The van der Waals surface area contributed by atoms with Gasteiger partial charge in [-0.05, 0) is 12.1 Å². The Hall–Kier alpha value is -2.30. The van der Waals surface area contributed by atoms with Crippen LogP contribution in [0.25, 0.3) is 0 Å². The molecule has 0 radical (unpaired) electrons. The van der Waals surface area contributed by atoms with Gasteiger partial charge in [0.2, 0.25) is 0 Å². The number of thiazole rings is 1. The minimum atomic E-state index is -3.86. The summed E-state index contributed by atoms with van der Waals surface area (Å²) in [5.41, 5.74) is 0. The molecule has 132 valence electrons. The summed E-state index contributed by atoms with van der Waals surface area (Å²) in [4.78, 5) is 21.3. The number of anilines is 2. The Morgan fingerprint density at radius 2 is 2.24 bits per heavy atom. The number of aliphatic hydroxyl groups is 1. The maximum Gasteiger partial charge on any atom is 0.267 e. The van der Waals surface area contributed by atoms with Gasteiger partial charge >= 0.3 is 0 Å². The van der Waals surface area contributed by atoms with Crippen molar-refractivity contribution in [2.75, 3.05) is 22.3 Å². The summed E-state index contributed by atoms with van der Waals surface area (Å²) in [5.74, 6) is -0.121. The van der Waals surface area contributed by atoms with E-state index < -0.39 is 22.0 Å². The van der Waals surface area contributed by atoms with Crippen LogP contribution in [0.3, 0.4) is 0 Å². The van der Waals surface area contributed by atoms with Crippen molar-refractivity contribution in [3.63, 3.8) is 0 Å². The number of carbonyl (C=O) groups excluding carboxylic acids is 1. The van der Waals surface area contributed by atoms with Gasteiger partial charge < -0.3 is 5.11 Å². The molecule has 3 heterocycles. The molecule has 1 atom stereocenters. The predicted octanol–water partition coefficient (Wildman–Crippen LogP) is 1.02. The topological polar surface area (TPSA) is 104 Å². The molecule has 2 aromatic rings. The molecule has 1 unspecified atom stereocenters. The Kier molecular flexibility index (Phi) is 4.84. The number of sulfonamides is 1. The van der Waals surface area contributed by atoms with Gasteiger partial charge in [-0.3, -0.25) is 9.69 Å². The highest BCUT2D eigenvalue weighted by molar-refractivity contribution is 7.93. The van der Waals surface area contributed by atoms with Crippen molar-refractivity contribution < 1.29 is 18.3 Å². The van der Waals surface area contributed by atoms with Crippen molar-refractivity contribution in [1.29, 1.82) is 0 Å².